The van der Waals surface area contributed by atoms with Crippen LogP contribution < -0.4 is 4.74 Å². The van der Waals surface area contributed by atoms with E-state index in [4.69, 9.17) is 9.47 Å². The Morgan fingerprint density at radius 2 is 2.24 bits per heavy atom. The summed E-state index contributed by atoms with van der Waals surface area (Å²) in [6.45, 7) is 0.0951. The van der Waals surface area contributed by atoms with Crippen LogP contribution in [0.5, 0.6) is 5.75 Å². The maximum absolute atomic E-state index is 13.2. The number of imidazole rings is 1. The van der Waals surface area contributed by atoms with Gasteiger partial charge in [-0.3, -0.25) is 4.57 Å². The lowest BCUT2D eigenvalue weighted by atomic mass is 10.1. The number of ether oxygens (including phenoxy) is 2. The SMILES string of the molecule is O=C(OC[C@@H]1Cc2cc(F)ccc2O1)c1ccnc(-n2ccnc2)c1. The van der Waals surface area contributed by atoms with Crippen LogP contribution in [-0.2, 0) is 11.2 Å². The van der Waals surface area contributed by atoms with Gasteiger partial charge in [0.1, 0.15) is 36.4 Å². The second-order valence-corrected chi connectivity index (χ2v) is 5.67. The van der Waals surface area contributed by atoms with Crippen LogP contribution in [0.3, 0.4) is 0 Å². The molecule has 0 aliphatic carbocycles. The van der Waals surface area contributed by atoms with Gasteiger partial charge in [-0.05, 0) is 30.3 Å². The second-order valence-electron chi connectivity index (χ2n) is 5.67. The minimum absolute atomic E-state index is 0.0951. The first-order valence-electron chi connectivity index (χ1n) is 7.75. The molecule has 0 saturated heterocycles. The van der Waals surface area contributed by atoms with Crippen molar-refractivity contribution in [1.29, 1.82) is 0 Å². The third kappa shape index (κ3) is 3.21. The summed E-state index contributed by atoms with van der Waals surface area (Å²) in [6, 6.07) is 7.60. The van der Waals surface area contributed by atoms with Gasteiger partial charge in [0.2, 0.25) is 0 Å². The lowest BCUT2D eigenvalue weighted by molar-refractivity contribution is 0.0346. The van der Waals surface area contributed by atoms with Gasteiger partial charge in [-0.2, -0.15) is 0 Å². The maximum atomic E-state index is 13.2. The summed E-state index contributed by atoms with van der Waals surface area (Å²) in [5.41, 5.74) is 1.17. The molecule has 4 rings (SSSR count). The normalized spacial score (nSPS) is 15.5. The van der Waals surface area contributed by atoms with Crippen LogP contribution in [0.25, 0.3) is 5.82 Å². The molecule has 1 aliphatic heterocycles. The van der Waals surface area contributed by atoms with E-state index in [0.717, 1.165) is 5.56 Å². The molecule has 1 aliphatic rings. The van der Waals surface area contributed by atoms with Gasteiger partial charge in [0.05, 0.1) is 5.56 Å². The zero-order chi connectivity index (χ0) is 17.2. The molecule has 0 spiro atoms. The number of benzene rings is 1. The van der Waals surface area contributed by atoms with Gasteiger partial charge in [-0.15, -0.1) is 0 Å². The smallest absolute Gasteiger partial charge is 0.338 e. The first-order valence-corrected chi connectivity index (χ1v) is 7.75. The molecule has 0 fully saturated rings. The van der Waals surface area contributed by atoms with Crippen LogP contribution in [0.2, 0.25) is 0 Å². The summed E-state index contributed by atoms with van der Waals surface area (Å²) in [4.78, 5) is 20.4. The Morgan fingerprint density at radius 3 is 3.08 bits per heavy atom. The van der Waals surface area contributed by atoms with Crippen LogP contribution >= 0.6 is 0 Å². The van der Waals surface area contributed by atoms with Gasteiger partial charge >= 0.3 is 5.97 Å². The van der Waals surface area contributed by atoms with Gasteiger partial charge in [-0.25, -0.2) is 19.2 Å². The molecule has 1 aromatic carbocycles. The average Bonchev–Trinajstić information content (AvgIpc) is 3.29. The maximum Gasteiger partial charge on any atom is 0.338 e. The number of esters is 1. The van der Waals surface area contributed by atoms with Crippen LogP contribution in [0.15, 0.2) is 55.2 Å². The van der Waals surface area contributed by atoms with Gasteiger partial charge in [0.15, 0.2) is 0 Å². The molecule has 0 amide bonds. The van der Waals surface area contributed by atoms with Crippen molar-refractivity contribution in [2.45, 2.75) is 12.5 Å². The molecule has 126 valence electrons. The predicted molar refractivity (Wildman–Crippen MR) is 86.2 cm³/mol. The van der Waals surface area contributed by atoms with Crippen molar-refractivity contribution in [3.63, 3.8) is 0 Å². The highest BCUT2D eigenvalue weighted by molar-refractivity contribution is 5.89. The van der Waals surface area contributed by atoms with E-state index in [1.54, 1.807) is 41.5 Å². The molecule has 6 nitrogen and oxygen atoms in total. The molecule has 0 radical (unpaired) electrons. The Bertz CT molecular complexity index is 912. The molecule has 0 N–H and O–H groups in total. The zero-order valence-corrected chi connectivity index (χ0v) is 13.1. The molecule has 0 unspecified atom stereocenters. The average molecular weight is 339 g/mol. The van der Waals surface area contributed by atoms with Crippen molar-refractivity contribution in [2.24, 2.45) is 0 Å². The summed E-state index contributed by atoms with van der Waals surface area (Å²) in [5.74, 6) is 0.444. The van der Waals surface area contributed by atoms with Crippen LogP contribution in [0, 0.1) is 5.82 Å². The van der Waals surface area contributed by atoms with Crippen molar-refractivity contribution in [1.82, 2.24) is 14.5 Å². The summed E-state index contributed by atoms with van der Waals surface area (Å²) < 4.78 is 25.9. The number of fused-ring (bicyclic) bond motifs is 1. The number of rotatable bonds is 4. The number of pyridine rings is 1. The van der Waals surface area contributed by atoms with Crippen molar-refractivity contribution in [3.05, 3.63) is 72.2 Å². The van der Waals surface area contributed by atoms with E-state index >= 15 is 0 Å². The second kappa shape index (κ2) is 6.35. The van der Waals surface area contributed by atoms with E-state index in [2.05, 4.69) is 9.97 Å². The van der Waals surface area contributed by atoms with E-state index < -0.39 is 5.97 Å². The Morgan fingerprint density at radius 1 is 1.32 bits per heavy atom. The lowest BCUT2D eigenvalue weighted by Gasteiger charge is -2.11. The van der Waals surface area contributed by atoms with Crippen LogP contribution in [0.1, 0.15) is 15.9 Å². The van der Waals surface area contributed by atoms with E-state index in [-0.39, 0.29) is 18.5 Å². The number of hydrogen-bond acceptors (Lipinski definition) is 5. The highest BCUT2D eigenvalue weighted by Gasteiger charge is 2.25. The minimum atomic E-state index is -0.463. The number of carbonyl (C=O) groups is 1. The van der Waals surface area contributed by atoms with E-state index in [1.165, 1.54) is 18.3 Å². The number of aromatic nitrogens is 3. The molecule has 2 aromatic heterocycles. The molecule has 3 aromatic rings. The fourth-order valence-electron chi connectivity index (χ4n) is 2.72. The summed E-state index contributed by atoms with van der Waals surface area (Å²) in [5, 5.41) is 0. The molecule has 3 heterocycles. The molecular weight excluding hydrogens is 325 g/mol. The summed E-state index contributed by atoms with van der Waals surface area (Å²) in [7, 11) is 0. The fourth-order valence-corrected chi connectivity index (χ4v) is 2.72. The van der Waals surface area contributed by atoms with Crippen LogP contribution in [-0.4, -0.2) is 33.2 Å². The van der Waals surface area contributed by atoms with Crippen molar-refractivity contribution in [2.75, 3.05) is 6.61 Å². The zero-order valence-electron chi connectivity index (χ0n) is 13.1. The Balaban J connectivity index is 1.39. The van der Waals surface area contributed by atoms with Gasteiger partial charge in [0.25, 0.3) is 0 Å². The molecule has 1 atom stereocenters. The van der Waals surface area contributed by atoms with Crippen molar-refractivity contribution in [3.8, 4) is 11.6 Å². The first-order chi connectivity index (χ1) is 12.2. The molecular formula is C18H14FN3O3. The molecule has 25 heavy (non-hydrogen) atoms. The third-order valence-corrected chi connectivity index (χ3v) is 3.91. The number of hydrogen-bond donors (Lipinski definition) is 0. The largest absolute Gasteiger partial charge is 0.486 e. The number of halogens is 1. The van der Waals surface area contributed by atoms with Crippen molar-refractivity contribution < 1.29 is 18.7 Å². The third-order valence-electron chi connectivity index (χ3n) is 3.91. The monoisotopic (exact) mass is 339 g/mol. The number of nitrogens with zero attached hydrogens (tertiary/aromatic N) is 3. The fraction of sp³-hybridized carbons (Fsp3) is 0.167. The first kappa shape index (κ1) is 15.3. The Kier molecular flexibility index (Phi) is 3.89. The lowest BCUT2D eigenvalue weighted by Crippen LogP contribution is -2.23. The quantitative estimate of drug-likeness (QED) is 0.684. The highest BCUT2D eigenvalue weighted by atomic mass is 19.1. The highest BCUT2D eigenvalue weighted by Crippen LogP contribution is 2.29. The van der Waals surface area contributed by atoms with Crippen molar-refractivity contribution >= 4 is 5.97 Å². The van der Waals surface area contributed by atoms with Gasteiger partial charge in [0, 0.05) is 30.6 Å². The van der Waals surface area contributed by atoms with Gasteiger partial charge in [-0.1, -0.05) is 0 Å². The standard InChI is InChI=1S/C18H14FN3O3/c19-14-1-2-16-13(7-14)8-15(25-16)10-24-18(23)12-3-4-21-17(9-12)22-6-5-20-11-22/h1-7,9,11,15H,8,10H2/t15-/m0/s1. The minimum Gasteiger partial charge on any atom is -0.486 e. The van der Waals surface area contributed by atoms with Crippen LogP contribution in [0.4, 0.5) is 4.39 Å². The Labute approximate surface area is 142 Å². The Hall–Kier alpha value is -3.22. The van der Waals surface area contributed by atoms with E-state index in [0.29, 0.717) is 23.6 Å². The number of carbonyl (C=O) groups excluding carboxylic acids is 1. The predicted octanol–water partition coefficient (Wildman–Crippen LogP) is 2.57. The summed E-state index contributed by atoms with van der Waals surface area (Å²) in [6.07, 6.45) is 6.70. The molecule has 0 saturated carbocycles. The molecule has 0 bridgehead atoms. The topological polar surface area (TPSA) is 66.2 Å². The summed E-state index contributed by atoms with van der Waals surface area (Å²) >= 11 is 0. The van der Waals surface area contributed by atoms with Gasteiger partial charge < -0.3 is 9.47 Å². The van der Waals surface area contributed by atoms with E-state index in [9.17, 15) is 9.18 Å². The molecule has 7 heteroatoms. The van der Waals surface area contributed by atoms with E-state index in [1.807, 2.05) is 0 Å².